The molecular formula is C10H19NO4. The molecule has 0 aliphatic rings. The minimum Gasteiger partial charge on any atom is -0.550 e. The van der Waals surface area contributed by atoms with Crippen molar-refractivity contribution in [1.29, 1.82) is 0 Å². The van der Waals surface area contributed by atoms with E-state index in [-0.39, 0.29) is 25.0 Å². The zero-order valence-corrected chi connectivity index (χ0v) is 9.78. The Labute approximate surface area is 90.2 Å². The Kier molecular flexibility index (Phi) is 5.28. The van der Waals surface area contributed by atoms with Crippen LogP contribution in [-0.4, -0.2) is 43.8 Å². The van der Waals surface area contributed by atoms with Crippen LogP contribution < -0.4 is 5.11 Å². The van der Waals surface area contributed by atoms with Gasteiger partial charge in [-0.2, -0.15) is 0 Å². The van der Waals surface area contributed by atoms with Gasteiger partial charge in [-0.15, -0.1) is 0 Å². The predicted octanol–water partition coefficient (Wildman–Crippen LogP) is -0.640. The third kappa shape index (κ3) is 6.90. The maximum Gasteiger partial charge on any atom is 0.312 e. The van der Waals surface area contributed by atoms with Crippen LogP contribution in [0.3, 0.4) is 0 Å². The van der Waals surface area contributed by atoms with E-state index in [1.165, 1.54) is 0 Å². The largest absolute Gasteiger partial charge is 0.550 e. The topological polar surface area (TPSA) is 66.4 Å². The Morgan fingerprint density at radius 3 is 2.27 bits per heavy atom. The Bertz CT molecular complexity index is 236. The molecule has 88 valence electrons. The summed E-state index contributed by atoms with van der Waals surface area (Å²) >= 11 is 0. The SMILES string of the molecule is CC(C)C(=O)OC[N+](C)(C)CCC(=O)[O-]. The molecule has 0 spiro atoms. The first-order chi connectivity index (χ1) is 6.74. The molecule has 0 amide bonds. The van der Waals surface area contributed by atoms with Crippen molar-refractivity contribution in [2.45, 2.75) is 20.3 Å². The molecule has 0 aromatic heterocycles. The molecule has 15 heavy (non-hydrogen) atoms. The van der Waals surface area contributed by atoms with Gasteiger partial charge in [0.15, 0.2) is 0 Å². The minimum atomic E-state index is -1.09. The summed E-state index contributed by atoms with van der Waals surface area (Å²) in [5, 5.41) is 10.3. The molecule has 0 atom stereocenters. The highest BCUT2D eigenvalue weighted by Gasteiger charge is 2.18. The number of carbonyl (C=O) groups is 2. The fourth-order valence-corrected chi connectivity index (χ4v) is 0.864. The number of carbonyl (C=O) groups excluding carboxylic acids is 2. The average Bonchev–Trinajstić information content (AvgIpc) is 2.11. The lowest BCUT2D eigenvalue weighted by Crippen LogP contribution is -2.45. The van der Waals surface area contributed by atoms with Crippen LogP contribution in [0.15, 0.2) is 0 Å². The summed E-state index contributed by atoms with van der Waals surface area (Å²) in [5.74, 6) is -1.52. The third-order valence-corrected chi connectivity index (χ3v) is 1.95. The van der Waals surface area contributed by atoms with Crippen LogP contribution in [0.4, 0.5) is 0 Å². The molecule has 0 aromatic rings. The van der Waals surface area contributed by atoms with E-state index in [0.717, 1.165) is 0 Å². The summed E-state index contributed by atoms with van der Waals surface area (Å²) in [7, 11) is 3.60. The maximum absolute atomic E-state index is 11.2. The van der Waals surface area contributed by atoms with Crippen molar-refractivity contribution >= 4 is 11.9 Å². The van der Waals surface area contributed by atoms with E-state index in [0.29, 0.717) is 11.0 Å². The van der Waals surface area contributed by atoms with Crippen LogP contribution in [0.5, 0.6) is 0 Å². The van der Waals surface area contributed by atoms with Crippen LogP contribution in [0.1, 0.15) is 20.3 Å². The van der Waals surface area contributed by atoms with E-state index in [1.54, 1.807) is 27.9 Å². The number of carboxylic acid groups (broad SMARTS) is 1. The van der Waals surface area contributed by atoms with Crippen molar-refractivity contribution in [2.75, 3.05) is 27.4 Å². The highest BCUT2D eigenvalue weighted by Crippen LogP contribution is 2.02. The van der Waals surface area contributed by atoms with E-state index in [1.807, 2.05) is 0 Å². The molecule has 5 nitrogen and oxygen atoms in total. The van der Waals surface area contributed by atoms with Crippen LogP contribution in [-0.2, 0) is 14.3 Å². The van der Waals surface area contributed by atoms with Gasteiger partial charge < -0.3 is 14.6 Å². The molecule has 0 aliphatic carbocycles. The summed E-state index contributed by atoms with van der Waals surface area (Å²) < 4.78 is 5.35. The summed E-state index contributed by atoms with van der Waals surface area (Å²) in [4.78, 5) is 21.4. The summed E-state index contributed by atoms with van der Waals surface area (Å²) in [6, 6.07) is 0. The number of ether oxygens (including phenoxy) is 1. The molecule has 0 rings (SSSR count). The van der Waals surface area contributed by atoms with Gasteiger partial charge in [0, 0.05) is 12.4 Å². The third-order valence-electron chi connectivity index (χ3n) is 1.95. The van der Waals surface area contributed by atoms with E-state index in [2.05, 4.69) is 0 Å². The van der Waals surface area contributed by atoms with Crippen molar-refractivity contribution in [3.8, 4) is 0 Å². The molecule has 0 N–H and O–H groups in total. The van der Waals surface area contributed by atoms with Crippen LogP contribution in [0, 0.1) is 5.92 Å². The van der Waals surface area contributed by atoms with E-state index in [9.17, 15) is 14.7 Å². The lowest BCUT2D eigenvalue weighted by molar-refractivity contribution is -0.906. The first-order valence-electron chi connectivity index (χ1n) is 4.93. The molecule has 0 bridgehead atoms. The number of nitrogens with zero attached hydrogens (tertiary/aromatic N) is 1. The Hall–Kier alpha value is -1.10. The van der Waals surface area contributed by atoms with Gasteiger partial charge in [0.25, 0.3) is 0 Å². The minimum absolute atomic E-state index is 0.0355. The smallest absolute Gasteiger partial charge is 0.312 e. The van der Waals surface area contributed by atoms with Gasteiger partial charge in [0.05, 0.1) is 26.6 Å². The predicted molar refractivity (Wildman–Crippen MR) is 52.4 cm³/mol. The molecule has 0 heterocycles. The van der Waals surface area contributed by atoms with Crippen molar-refractivity contribution in [3.05, 3.63) is 0 Å². The standard InChI is InChI=1S/C10H19NO4/c1-8(2)10(14)15-7-11(3,4)6-5-9(12)13/h8H,5-7H2,1-4H3. The first kappa shape index (κ1) is 13.9. The quantitative estimate of drug-likeness (QED) is 0.337. The molecular weight excluding hydrogens is 198 g/mol. The van der Waals surface area contributed by atoms with E-state index >= 15 is 0 Å². The second-order valence-electron chi connectivity index (χ2n) is 4.53. The van der Waals surface area contributed by atoms with Gasteiger partial charge in [-0.3, -0.25) is 9.28 Å². The van der Waals surface area contributed by atoms with Gasteiger partial charge >= 0.3 is 5.97 Å². The second-order valence-corrected chi connectivity index (χ2v) is 4.53. The number of carboxylic acids is 1. The van der Waals surface area contributed by atoms with Crippen molar-refractivity contribution in [2.24, 2.45) is 5.92 Å². The normalized spacial score (nSPS) is 11.5. The van der Waals surface area contributed by atoms with Crippen LogP contribution in [0.2, 0.25) is 0 Å². The number of aliphatic carboxylic acids is 1. The van der Waals surface area contributed by atoms with Gasteiger partial charge in [0.2, 0.25) is 6.73 Å². The van der Waals surface area contributed by atoms with Crippen LogP contribution in [0.25, 0.3) is 0 Å². The fraction of sp³-hybridized carbons (Fsp3) is 0.800. The zero-order valence-electron chi connectivity index (χ0n) is 9.78. The van der Waals surface area contributed by atoms with E-state index < -0.39 is 5.97 Å². The number of hydrogen-bond donors (Lipinski definition) is 0. The molecule has 0 fully saturated rings. The van der Waals surface area contributed by atoms with Crippen molar-refractivity contribution in [3.63, 3.8) is 0 Å². The first-order valence-corrected chi connectivity index (χ1v) is 4.93. The summed E-state index contributed by atoms with van der Waals surface area (Å²) in [6.45, 7) is 4.07. The summed E-state index contributed by atoms with van der Waals surface area (Å²) in [6.07, 6.45) is -0.0355. The molecule has 5 heteroatoms. The highest BCUT2D eigenvalue weighted by molar-refractivity contribution is 5.71. The Balaban J connectivity index is 3.93. The van der Waals surface area contributed by atoms with E-state index in [4.69, 9.17) is 4.74 Å². The zero-order chi connectivity index (χ0) is 12.1. The Morgan fingerprint density at radius 2 is 1.87 bits per heavy atom. The highest BCUT2D eigenvalue weighted by atomic mass is 16.5. The average molecular weight is 217 g/mol. The number of esters is 1. The van der Waals surface area contributed by atoms with Crippen molar-refractivity contribution in [1.82, 2.24) is 0 Å². The van der Waals surface area contributed by atoms with Gasteiger partial charge in [-0.05, 0) is 0 Å². The molecule has 0 unspecified atom stereocenters. The molecule has 0 aliphatic heterocycles. The van der Waals surface area contributed by atoms with Gasteiger partial charge in [0.1, 0.15) is 0 Å². The van der Waals surface area contributed by atoms with Crippen LogP contribution >= 0.6 is 0 Å². The molecule has 0 saturated carbocycles. The molecule has 0 radical (unpaired) electrons. The lowest BCUT2D eigenvalue weighted by atomic mass is 10.2. The van der Waals surface area contributed by atoms with Gasteiger partial charge in [-0.25, -0.2) is 0 Å². The number of quaternary nitrogens is 1. The summed E-state index contributed by atoms with van der Waals surface area (Å²) in [5.41, 5.74) is 0. The lowest BCUT2D eigenvalue weighted by Gasteiger charge is -2.29. The monoisotopic (exact) mass is 217 g/mol. The number of hydrogen-bond acceptors (Lipinski definition) is 4. The second kappa shape index (κ2) is 5.70. The van der Waals surface area contributed by atoms with Gasteiger partial charge in [-0.1, -0.05) is 13.8 Å². The maximum atomic E-state index is 11.2. The fourth-order valence-electron chi connectivity index (χ4n) is 0.864. The molecule has 0 saturated heterocycles. The Morgan fingerprint density at radius 1 is 1.33 bits per heavy atom. The number of rotatable bonds is 6. The van der Waals surface area contributed by atoms with Crippen molar-refractivity contribution < 1.29 is 23.9 Å². The molecule has 0 aromatic carbocycles.